The van der Waals surface area contributed by atoms with Crippen molar-refractivity contribution in [3.63, 3.8) is 0 Å². The van der Waals surface area contributed by atoms with E-state index in [0.717, 1.165) is 19.3 Å². The van der Waals surface area contributed by atoms with Crippen molar-refractivity contribution in [1.82, 2.24) is 0 Å². The molecule has 0 bridgehead atoms. The van der Waals surface area contributed by atoms with E-state index in [-0.39, 0.29) is 5.78 Å². The minimum Gasteiger partial charge on any atom is -0.501 e. The molecule has 0 fully saturated rings. The molecule has 1 unspecified atom stereocenters. The summed E-state index contributed by atoms with van der Waals surface area (Å²) < 4.78 is 5.04. The average Bonchev–Trinajstić information content (AvgIpc) is 2.18. The van der Waals surface area contributed by atoms with E-state index >= 15 is 0 Å². The van der Waals surface area contributed by atoms with E-state index in [1.165, 1.54) is 6.26 Å². The number of aliphatic hydroxyl groups is 1. The SMILES string of the molecule is CCCC(O)C(=O)C1=COCCC1. The Balaban J connectivity index is 2.50. The molecular formula is C10H16O3. The maximum atomic E-state index is 11.5. The highest BCUT2D eigenvalue weighted by molar-refractivity contribution is 5.98. The van der Waals surface area contributed by atoms with Crippen molar-refractivity contribution >= 4 is 5.78 Å². The molecule has 0 saturated carbocycles. The predicted octanol–water partition coefficient (Wildman–Crippen LogP) is 1.41. The second-order valence-electron chi connectivity index (χ2n) is 3.29. The topological polar surface area (TPSA) is 46.5 Å². The second-order valence-corrected chi connectivity index (χ2v) is 3.29. The molecule has 13 heavy (non-hydrogen) atoms. The zero-order chi connectivity index (χ0) is 9.68. The first-order valence-corrected chi connectivity index (χ1v) is 4.78. The molecule has 1 atom stereocenters. The van der Waals surface area contributed by atoms with Gasteiger partial charge in [0, 0.05) is 5.57 Å². The van der Waals surface area contributed by atoms with Gasteiger partial charge in [-0.2, -0.15) is 0 Å². The zero-order valence-corrected chi connectivity index (χ0v) is 7.95. The van der Waals surface area contributed by atoms with Gasteiger partial charge in [0.15, 0.2) is 5.78 Å². The fourth-order valence-corrected chi connectivity index (χ4v) is 1.36. The lowest BCUT2D eigenvalue weighted by molar-refractivity contribution is -0.124. The highest BCUT2D eigenvalue weighted by Gasteiger charge is 2.20. The van der Waals surface area contributed by atoms with Gasteiger partial charge >= 0.3 is 0 Å². The molecule has 0 aliphatic carbocycles. The number of hydrogen-bond donors (Lipinski definition) is 1. The van der Waals surface area contributed by atoms with Crippen molar-refractivity contribution < 1.29 is 14.6 Å². The van der Waals surface area contributed by atoms with Gasteiger partial charge in [-0.1, -0.05) is 13.3 Å². The van der Waals surface area contributed by atoms with Gasteiger partial charge in [0.25, 0.3) is 0 Å². The van der Waals surface area contributed by atoms with Crippen LogP contribution in [0.15, 0.2) is 11.8 Å². The maximum absolute atomic E-state index is 11.5. The van der Waals surface area contributed by atoms with Gasteiger partial charge in [-0.25, -0.2) is 0 Å². The summed E-state index contributed by atoms with van der Waals surface area (Å²) in [6, 6.07) is 0. The molecular weight excluding hydrogens is 168 g/mol. The summed E-state index contributed by atoms with van der Waals surface area (Å²) in [4.78, 5) is 11.5. The van der Waals surface area contributed by atoms with Gasteiger partial charge < -0.3 is 9.84 Å². The molecule has 1 aliphatic rings. The summed E-state index contributed by atoms with van der Waals surface area (Å²) in [5, 5.41) is 9.42. The third-order valence-corrected chi connectivity index (χ3v) is 2.12. The molecule has 0 saturated heterocycles. The molecule has 1 heterocycles. The lowest BCUT2D eigenvalue weighted by Gasteiger charge is -2.15. The van der Waals surface area contributed by atoms with Crippen LogP contribution in [0.3, 0.4) is 0 Å². The molecule has 1 rings (SSSR count). The molecule has 74 valence electrons. The number of carbonyl (C=O) groups is 1. The summed E-state index contributed by atoms with van der Waals surface area (Å²) in [7, 11) is 0. The first-order valence-electron chi connectivity index (χ1n) is 4.78. The molecule has 0 spiro atoms. The Morgan fingerprint density at radius 1 is 1.77 bits per heavy atom. The zero-order valence-electron chi connectivity index (χ0n) is 7.95. The third-order valence-electron chi connectivity index (χ3n) is 2.12. The molecule has 0 aromatic carbocycles. The number of ether oxygens (including phenoxy) is 1. The Morgan fingerprint density at radius 2 is 2.54 bits per heavy atom. The fraction of sp³-hybridized carbons (Fsp3) is 0.700. The van der Waals surface area contributed by atoms with Crippen molar-refractivity contribution in [2.24, 2.45) is 0 Å². The number of ketones is 1. The van der Waals surface area contributed by atoms with Crippen LogP contribution in [0.4, 0.5) is 0 Å². The minimum absolute atomic E-state index is 0.165. The maximum Gasteiger partial charge on any atom is 0.190 e. The van der Waals surface area contributed by atoms with E-state index in [1.807, 2.05) is 6.92 Å². The largest absolute Gasteiger partial charge is 0.501 e. The van der Waals surface area contributed by atoms with Crippen LogP contribution in [-0.4, -0.2) is 23.6 Å². The Hall–Kier alpha value is -0.830. The summed E-state index contributed by atoms with van der Waals surface area (Å²) in [6.07, 6.45) is 3.62. The molecule has 0 radical (unpaired) electrons. The normalized spacial score (nSPS) is 18.8. The molecule has 3 heteroatoms. The Morgan fingerprint density at radius 3 is 3.08 bits per heavy atom. The van der Waals surface area contributed by atoms with E-state index in [4.69, 9.17) is 4.74 Å². The summed E-state index contributed by atoms with van der Waals surface area (Å²) >= 11 is 0. The van der Waals surface area contributed by atoms with Gasteiger partial charge in [-0.3, -0.25) is 4.79 Å². The average molecular weight is 184 g/mol. The second kappa shape index (κ2) is 5.02. The van der Waals surface area contributed by atoms with E-state index < -0.39 is 6.10 Å². The van der Waals surface area contributed by atoms with E-state index in [2.05, 4.69) is 0 Å². The van der Waals surface area contributed by atoms with Crippen LogP contribution in [0.2, 0.25) is 0 Å². The van der Waals surface area contributed by atoms with Gasteiger partial charge in [-0.15, -0.1) is 0 Å². The highest BCUT2D eigenvalue weighted by atomic mass is 16.5. The Kier molecular flexibility index (Phi) is 3.96. The van der Waals surface area contributed by atoms with Crippen molar-refractivity contribution in [2.45, 2.75) is 38.7 Å². The number of hydrogen-bond acceptors (Lipinski definition) is 3. The first kappa shape index (κ1) is 10.3. The molecule has 0 aromatic rings. The van der Waals surface area contributed by atoms with Crippen molar-refractivity contribution in [3.05, 3.63) is 11.8 Å². The predicted molar refractivity (Wildman–Crippen MR) is 49.2 cm³/mol. The van der Waals surface area contributed by atoms with E-state index in [1.54, 1.807) is 0 Å². The molecule has 1 N–H and O–H groups in total. The molecule has 0 aromatic heterocycles. The standard InChI is InChI=1S/C10H16O3/c1-2-4-9(11)10(12)8-5-3-6-13-7-8/h7,9,11H,2-6H2,1H3. The van der Waals surface area contributed by atoms with E-state index in [0.29, 0.717) is 18.6 Å². The van der Waals surface area contributed by atoms with Crippen LogP contribution in [0.25, 0.3) is 0 Å². The summed E-state index contributed by atoms with van der Waals surface area (Å²) in [5.74, 6) is -0.165. The molecule has 1 aliphatic heterocycles. The lowest BCUT2D eigenvalue weighted by atomic mass is 9.99. The number of aliphatic hydroxyl groups excluding tert-OH is 1. The number of Topliss-reactive ketones (excluding diaryl/α,β-unsaturated/α-hetero) is 1. The molecule has 3 nitrogen and oxygen atoms in total. The van der Waals surface area contributed by atoms with E-state index in [9.17, 15) is 9.90 Å². The Bertz CT molecular complexity index is 208. The summed E-state index contributed by atoms with van der Waals surface area (Å²) in [5.41, 5.74) is 0.632. The van der Waals surface area contributed by atoms with Crippen LogP contribution in [0.1, 0.15) is 32.6 Å². The lowest BCUT2D eigenvalue weighted by Crippen LogP contribution is -2.23. The van der Waals surface area contributed by atoms with Gasteiger partial charge in [0.1, 0.15) is 6.10 Å². The smallest absolute Gasteiger partial charge is 0.190 e. The van der Waals surface area contributed by atoms with Crippen molar-refractivity contribution in [1.29, 1.82) is 0 Å². The number of carbonyl (C=O) groups excluding carboxylic acids is 1. The third kappa shape index (κ3) is 2.84. The van der Waals surface area contributed by atoms with Crippen molar-refractivity contribution in [2.75, 3.05) is 6.61 Å². The van der Waals surface area contributed by atoms with Crippen LogP contribution < -0.4 is 0 Å². The van der Waals surface area contributed by atoms with Crippen LogP contribution in [0, 0.1) is 0 Å². The van der Waals surface area contributed by atoms with Crippen LogP contribution >= 0.6 is 0 Å². The monoisotopic (exact) mass is 184 g/mol. The quantitative estimate of drug-likeness (QED) is 0.718. The Labute approximate surface area is 78.4 Å². The van der Waals surface area contributed by atoms with Gasteiger partial charge in [0.05, 0.1) is 12.9 Å². The summed E-state index contributed by atoms with van der Waals surface area (Å²) in [6.45, 7) is 2.63. The van der Waals surface area contributed by atoms with Gasteiger partial charge in [-0.05, 0) is 19.3 Å². The molecule has 0 amide bonds. The fourth-order valence-electron chi connectivity index (χ4n) is 1.36. The number of rotatable bonds is 4. The van der Waals surface area contributed by atoms with Crippen LogP contribution in [0.5, 0.6) is 0 Å². The minimum atomic E-state index is -0.835. The van der Waals surface area contributed by atoms with Gasteiger partial charge in [0.2, 0.25) is 0 Å². The van der Waals surface area contributed by atoms with Crippen LogP contribution in [-0.2, 0) is 9.53 Å². The van der Waals surface area contributed by atoms with Crippen molar-refractivity contribution in [3.8, 4) is 0 Å². The highest BCUT2D eigenvalue weighted by Crippen LogP contribution is 2.15. The first-order chi connectivity index (χ1) is 6.25.